The number of hydrogen-bond acceptors (Lipinski definition) is 4. The molecule has 34 heavy (non-hydrogen) atoms. The monoisotopic (exact) mass is 461 g/mol. The van der Waals surface area contributed by atoms with Crippen LogP contribution in [0, 0.1) is 6.92 Å². The van der Waals surface area contributed by atoms with E-state index in [1.54, 1.807) is 27.1 Å². The van der Waals surface area contributed by atoms with Gasteiger partial charge < -0.3 is 10.1 Å². The van der Waals surface area contributed by atoms with Crippen LogP contribution < -0.4 is 11.0 Å². The molecule has 2 aromatic heterocycles. The van der Waals surface area contributed by atoms with E-state index in [2.05, 4.69) is 16.5 Å². The molecule has 1 N–H and O–H groups in total. The number of imidazole rings is 1. The second-order valence-corrected chi connectivity index (χ2v) is 8.25. The summed E-state index contributed by atoms with van der Waals surface area (Å²) in [6.45, 7) is 8.21. The molecular formula is C26H31N5O3. The molecule has 0 bridgehead atoms. The molecule has 1 amide bonds. The number of methoxy groups -OCH3 is 1. The maximum absolute atomic E-state index is 12.8. The maximum Gasteiger partial charge on any atom is 0.329 e. The fourth-order valence-electron chi connectivity index (χ4n) is 4.40. The lowest BCUT2D eigenvalue weighted by molar-refractivity contribution is -0.122. The zero-order chi connectivity index (χ0) is 24.2. The molecule has 2 aromatic carbocycles. The molecule has 0 saturated carbocycles. The highest BCUT2D eigenvalue weighted by atomic mass is 16.5. The van der Waals surface area contributed by atoms with Gasteiger partial charge in [-0.3, -0.25) is 18.6 Å². The highest BCUT2D eigenvalue weighted by Crippen LogP contribution is 2.34. The number of nitrogens with one attached hydrogen (secondary N) is 1. The molecule has 0 fully saturated rings. The summed E-state index contributed by atoms with van der Waals surface area (Å²) < 4.78 is 10.3. The number of amides is 1. The van der Waals surface area contributed by atoms with Crippen molar-refractivity contribution in [2.45, 2.75) is 40.4 Å². The Hall–Kier alpha value is -3.65. The van der Waals surface area contributed by atoms with Crippen LogP contribution in [0.15, 0.2) is 53.5 Å². The normalized spacial score (nSPS) is 11.3. The Kier molecular flexibility index (Phi) is 6.98. The molecule has 0 aliphatic heterocycles. The minimum Gasteiger partial charge on any atom is -0.383 e. The molecule has 4 aromatic rings. The summed E-state index contributed by atoms with van der Waals surface area (Å²) in [5.41, 5.74) is 6.64. The Bertz CT molecular complexity index is 1380. The number of carbonyl (C=O) groups is 1. The number of aromatic nitrogens is 4. The molecule has 0 aliphatic rings. The Morgan fingerprint density at radius 2 is 1.79 bits per heavy atom. The molecule has 4 rings (SSSR count). The number of ether oxygens (including phenoxy) is 1. The average molecular weight is 462 g/mol. The van der Waals surface area contributed by atoms with E-state index in [-0.39, 0.29) is 18.1 Å². The molecule has 0 saturated heterocycles. The third-order valence-corrected chi connectivity index (χ3v) is 6.01. The number of carbonyl (C=O) groups excluding carboxylic acids is 1. The summed E-state index contributed by atoms with van der Waals surface area (Å²) in [7, 11) is 1.60. The maximum atomic E-state index is 12.8. The van der Waals surface area contributed by atoms with Crippen LogP contribution in [0.3, 0.4) is 0 Å². The minimum atomic E-state index is -0.129. The Labute approximate surface area is 198 Å². The number of fused-ring (bicyclic) bond motifs is 1. The summed E-state index contributed by atoms with van der Waals surface area (Å²) in [5, 5.41) is 7.44. The topological polar surface area (TPSA) is 83.1 Å². The van der Waals surface area contributed by atoms with Crippen LogP contribution in [0.5, 0.6) is 0 Å². The molecular weight excluding hydrogens is 430 g/mol. The quantitative estimate of drug-likeness (QED) is 0.387. The van der Waals surface area contributed by atoms with Crippen LogP contribution in [0.2, 0.25) is 0 Å². The fourth-order valence-corrected chi connectivity index (χ4v) is 4.40. The smallest absolute Gasteiger partial charge is 0.329 e. The predicted octanol–water partition coefficient (Wildman–Crippen LogP) is 3.44. The molecule has 8 nitrogen and oxygen atoms in total. The Morgan fingerprint density at radius 1 is 1.03 bits per heavy atom. The van der Waals surface area contributed by atoms with Gasteiger partial charge in [-0.05, 0) is 44.5 Å². The van der Waals surface area contributed by atoms with E-state index in [4.69, 9.17) is 4.74 Å². The van der Waals surface area contributed by atoms with Gasteiger partial charge in [0.15, 0.2) is 0 Å². The summed E-state index contributed by atoms with van der Waals surface area (Å²) in [6.07, 6.45) is 1.80. The number of aryl methyl sites for hydroxylation is 3. The van der Waals surface area contributed by atoms with Crippen LogP contribution in [0.4, 0.5) is 0 Å². The van der Waals surface area contributed by atoms with E-state index in [0.717, 1.165) is 39.0 Å². The largest absolute Gasteiger partial charge is 0.383 e. The van der Waals surface area contributed by atoms with Gasteiger partial charge in [0.05, 0.1) is 29.5 Å². The highest BCUT2D eigenvalue weighted by Gasteiger charge is 2.19. The average Bonchev–Trinajstić information content (AvgIpc) is 3.36. The first-order valence-electron chi connectivity index (χ1n) is 11.6. The van der Waals surface area contributed by atoms with Crippen LogP contribution in [-0.4, -0.2) is 45.1 Å². The predicted molar refractivity (Wildman–Crippen MR) is 134 cm³/mol. The first-order valence-corrected chi connectivity index (χ1v) is 11.6. The van der Waals surface area contributed by atoms with Crippen LogP contribution in [-0.2, 0) is 29.2 Å². The highest BCUT2D eigenvalue weighted by molar-refractivity contribution is 5.88. The van der Waals surface area contributed by atoms with Crippen molar-refractivity contribution in [1.82, 2.24) is 24.2 Å². The van der Waals surface area contributed by atoms with Crippen molar-refractivity contribution in [3.63, 3.8) is 0 Å². The van der Waals surface area contributed by atoms with Crippen LogP contribution in [0.1, 0.15) is 19.4 Å². The number of nitrogens with zero attached hydrogens (tertiary/aromatic N) is 4. The van der Waals surface area contributed by atoms with E-state index >= 15 is 0 Å². The van der Waals surface area contributed by atoms with Gasteiger partial charge >= 0.3 is 5.69 Å². The Balaban J connectivity index is 1.83. The third-order valence-electron chi connectivity index (χ3n) is 6.01. The van der Waals surface area contributed by atoms with Gasteiger partial charge in [-0.15, -0.1) is 0 Å². The number of hydrogen-bond donors (Lipinski definition) is 1. The zero-order valence-corrected chi connectivity index (χ0v) is 20.2. The van der Waals surface area contributed by atoms with Crippen molar-refractivity contribution in [3.05, 3.63) is 64.7 Å². The fraction of sp³-hybridized carbons (Fsp3) is 0.346. The van der Waals surface area contributed by atoms with Crippen molar-refractivity contribution in [2.24, 2.45) is 0 Å². The van der Waals surface area contributed by atoms with Gasteiger partial charge in [-0.2, -0.15) is 5.10 Å². The second-order valence-electron chi connectivity index (χ2n) is 8.25. The molecule has 0 radical (unpaired) electrons. The van der Waals surface area contributed by atoms with Gasteiger partial charge in [0.1, 0.15) is 6.54 Å². The number of benzene rings is 2. The minimum absolute atomic E-state index is 0.000479. The molecule has 0 atom stereocenters. The van der Waals surface area contributed by atoms with Gasteiger partial charge in [0, 0.05) is 37.9 Å². The zero-order valence-electron chi connectivity index (χ0n) is 20.2. The standard InChI is InChI=1S/C26H31N5O3/c1-5-29-22-11-10-19(15-23(22)30(6-2)26(29)33)21-16-28-31(17-24(32)27-12-13-34-4)25(21)20-9-7-8-18(3)14-20/h7-11,14-16H,5-6,12-13,17H2,1-4H3,(H,27,32). The molecule has 2 heterocycles. The van der Waals surface area contributed by atoms with E-state index in [1.165, 1.54) is 0 Å². The summed E-state index contributed by atoms with van der Waals surface area (Å²) in [4.78, 5) is 25.4. The lowest BCUT2D eigenvalue weighted by Crippen LogP contribution is -2.30. The second kappa shape index (κ2) is 10.1. The van der Waals surface area contributed by atoms with Crippen LogP contribution in [0.25, 0.3) is 33.4 Å². The molecule has 0 aliphatic carbocycles. The van der Waals surface area contributed by atoms with E-state index in [0.29, 0.717) is 26.2 Å². The van der Waals surface area contributed by atoms with Crippen molar-refractivity contribution < 1.29 is 9.53 Å². The molecule has 0 spiro atoms. The van der Waals surface area contributed by atoms with Gasteiger partial charge in [0.2, 0.25) is 5.91 Å². The van der Waals surface area contributed by atoms with Crippen molar-refractivity contribution in [1.29, 1.82) is 0 Å². The van der Waals surface area contributed by atoms with Gasteiger partial charge in [-0.1, -0.05) is 29.8 Å². The number of rotatable bonds is 9. The van der Waals surface area contributed by atoms with E-state index in [1.807, 2.05) is 57.2 Å². The summed E-state index contributed by atoms with van der Waals surface area (Å²) in [6, 6.07) is 14.2. The van der Waals surface area contributed by atoms with Crippen molar-refractivity contribution >= 4 is 16.9 Å². The van der Waals surface area contributed by atoms with Gasteiger partial charge in [-0.25, -0.2) is 4.79 Å². The molecule has 0 unspecified atom stereocenters. The summed E-state index contributed by atoms with van der Waals surface area (Å²) >= 11 is 0. The Morgan fingerprint density at radius 3 is 2.50 bits per heavy atom. The summed E-state index contributed by atoms with van der Waals surface area (Å²) in [5.74, 6) is -0.129. The SMILES string of the molecule is CCn1c(=O)n(CC)c2cc(-c3cnn(CC(=O)NCCOC)c3-c3cccc(C)c3)ccc21. The first-order chi connectivity index (χ1) is 16.5. The van der Waals surface area contributed by atoms with E-state index in [9.17, 15) is 9.59 Å². The third kappa shape index (κ3) is 4.41. The lowest BCUT2D eigenvalue weighted by atomic mass is 10.00. The van der Waals surface area contributed by atoms with Crippen molar-refractivity contribution in [3.8, 4) is 22.4 Å². The molecule has 178 valence electrons. The van der Waals surface area contributed by atoms with Gasteiger partial charge in [0.25, 0.3) is 0 Å². The first kappa shape index (κ1) is 23.5. The van der Waals surface area contributed by atoms with E-state index < -0.39 is 0 Å². The van der Waals surface area contributed by atoms with Crippen molar-refractivity contribution in [2.75, 3.05) is 20.3 Å². The van der Waals surface area contributed by atoms with Crippen LogP contribution >= 0.6 is 0 Å². The lowest BCUT2D eigenvalue weighted by Gasteiger charge is -2.12. The molecule has 8 heteroatoms.